The molecule has 1 aliphatic carbocycles. The van der Waals surface area contributed by atoms with E-state index in [-0.39, 0.29) is 23.8 Å². The van der Waals surface area contributed by atoms with Crippen molar-refractivity contribution in [2.75, 3.05) is 10.6 Å². The summed E-state index contributed by atoms with van der Waals surface area (Å²) in [7, 11) is 0. The summed E-state index contributed by atoms with van der Waals surface area (Å²) in [5.41, 5.74) is 7.19. The van der Waals surface area contributed by atoms with Gasteiger partial charge in [0.1, 0.15) is 0 Å². The normalized spacial score (nSPS) is 20.2. The van der Waals surface area contributed by atoms with E-state index in [2.05, 4.69) is 10.6 Å². The molecule has 120 valence electrons. The monoisotopic (exact) mass is 329 g/mol. The van der Waals surface area contributed by atoms with Crippen LogP contribution in [0.5, 0.6) is 0 Å². The van der Waals surface area contributed by atoms with E-state index in [9.17, 15) is 9.59 Å². The maximum atomic E-state index is 12.2. The number of nitrogens with one attached hydrogen (secondary N) is 2. The number of amides is 2. The lowest BCUT2D eigenvalue weighted by molar-refractivity contribution is -0.119. The second-order valence-electron chi connectivity index (χ2n) is 5.77. The van der Waals surface area contributed by atoms with Crippen LogP contribution in [0.3, 0.4) is 0 Å². The molecule has 0 spiro atoms. The average Bonchev–Trinajstić information content (AvgIpc) is 3.18. The number of carbonyl (C=O) groups is 2. The minimum Gasteiger partial charge on any atom is -0.328 e. The summed E-state index contributed by atoms with van der Waals surface area (Å²) in [5.74, 6) is -0.167. The van der Waals surface area contributed by atoms with Crippen LogP contribution in [0, 0.1) is 5.92 Å². The molecule has 1 aliphatic rings. The van der Waals surface area contributed by atoms with E-state index in [0.29, 0.717) is 16.3 Å². The number of anilines is 2. The molecule has 0 radical (unpaired) electrons. The fraction of sp³-hybridized carbons (Fsp3) is 0.294. The lowest BCUT2D eigenvalue weighted by Gasteiger charge is -2.12. The molecule has 0 saturated heterocycles. The van der Waals surface area contributed by atoms with Gasteiger partial charge in [-0.1, -0.05) is 12.1 Å². The molecular formula is C17H19N3O2S. The number of thiophene rings is 1. The summed E-state index contributed by atoms with van der Waals surface area (Å²) in [6.07, 6.45) is 2.47. The number of benzene rings is 1. The number of hydrogen-bond acceptors (Lipinski definition) is 4. The molecule has 1 aromatic heterocycles. The third kappa shape index (κ3) is 3.97. The fourth-order valence-corrected chi connectivity index (χ4v) is 3.39. The maximum absolute atomic E-state index is 12.2. The van der Waals surface area contributed by atoms with Gasteiger partial charge in [0.2, 0.25) is 5.91 Å². The van der Waals surface area contributed by atoms with Crippen molar-refractivity contribution in [2.45, 2.75) is 25.3 Å². The van der Waals surface area contributed by atoms with Crippen LogP contribution in [0.2, 0.25) is 0 Å². The van der Waals surface area contributed by atoms with Crippen molar-refractivity contribution in [3.05, 3.63) is 46.7 Å². The molecule has 1 fully saturated rings. The lowest BCUT2D eigenvalue weighted by atomic mass is 10.1. The first-order valence-electron chi connectivity index (χ1n) is 7.63. The van der Waals surface area contributed by atoms with Crippen molar-refractivity contribution in [3.63, 3.8) is 0 Å². The van der Waals surface area contributed by atoms with Gasteiger partial charge >= 0.3 is 0 Å². The fourth-order valence-electron chi connectivity index (χ4n) is 2.77. The predicted molar refractivity (Wildman–Crippen MR) is 92.7 cm³/mol. The van der Waals surface area contributed by atoms with Crippen molar-refractivity contribution < 1.29 is 9.59 Å². The second kappa shape index (κ2) is 6.93. The van der Waals surface area contributed by atoms with Crippen LogP contribution < -0.4 is 16.4 Å². The summed E-state index contributed by atoms with van der Waals surface area (Å²) in [4.78, 5) is 24.9. The zero-order valence-corrected chi connectivity index (χ0v) is 13.4. The minimum absolute atomic E-state index is 0.000293. The van der Waals surface area contributed by atoms with Crippen molar-refractivity contribution in [2.24, 2.45) is 11.7 Å². The van der Waals surface area contributed by atoms with Gasteiger partial charge in [-0.05, 0) is 48.9 Å². The Bertz CT molecular complexity index is 700. The zero-order chi connectivity index (χ0) is 16.2. The average molecular weight is 329 g/mol. The van der Waals surface area contributed by atoms with Gasteiger partial charge in [0.15, 0.2) is 0 Å². The number of carbonyl (C=O) groups excluding carboxylic acids is 2. The molecule has 2 amide bonds. The molecule has 3 rings (SSSR count). The van der Waals surface area contributed by atoms with Crippen molar-refractivity contribution in [1.29, 1.82) is 0 Å². The first kappa shape index (κ1) is 15.7. The topological polar surface area (TPSA) is 84.2 Å². The van der Waals surface area contributed by atoms with Gasteiger partial charge in [-0.25, -0.2) is 0 Å². The summed E-state index contributed by atoms with van der Waals surface area (Å²) >= 11 is 1.39. The highest BCUT2D eigenvalue weighted by Gasteiger charge is 2.27. The van der Waals surface area contributed by atoms with E-state index in [1.165, 1.54) is 11.3 Å². The van der Waals surface area contributed by atoms with Gasteiger partial charge < -0.3 is 16.4 Å². The van der Waals surface area contributed by atoms with Gasteiger partial charge in [0.25, 0.3) is 5.91 Å². The summed E-state index contributed by atoms with van der Waals surface area (Å²) in [6.45, 7) is 0. The van der Waals surface area contributed by atoms with E-state index in [1.807, 2.05) is 17.5 Å². The largest absolute Gasteiger partial charge is 0.328 e. The van der Waals surface area contributed by atoms with Crippen LogP contribution in [0.4, 0.5) is 11.4 Å². The molecule has 1 saturated carbocycles. The van der Waals surface area contributed by atoms with Gasteiger partial charge in [0.05, 0.1) is 4.88 Å². The van der Waals surface area contributed by atoms with Crippen LogP contribution in [0.1, 0.15) is 28.9 Å². The molecule has 5 nitrogen and oxygen atoms in total. The molecule has 1 heterocycles. The molecule has 6 heteroatoms. The van der Waals surface area contributed by atoms with Crippen molar-refractivity contribution in [1.82, 2.24) is 0 Å². The standard InChI is InChI=1S/C17H19N3O2S/c18-12-7-6-11(9-12)16(21)19-13-3-1-4-14(10-13)20-17(22)15-5-2-8-23-15/h1-5,8,10-12H,6-7,9,18H2,(H,19,21)(H,20,22). The molecule has 2 atom stereocenters. The summed E-state index contributed by atoms with van der Waals surface area (Å²) in [6, 6.07) is 10.9. The van der Waals surface area contributed by atoms with Crippen LogP contribution in [-0.2, 0) is 4.79 Å². The zero-order valence-electron chi connectivity index (χ0n) is 12.6. The lowest BCUT2D eigenvalue weighted by Crippen LogP contribution is -2.23. The smallest absolute Gasteiger partial charge is 0.265 e. The SMILES string of the molecule is NC1CCC(C(=O)Nc2cccc(NC(=O)c3cccs3)c2)C1. The maximum Gasteiger partial charge on any atom is 0.265 e. The van der Waals surface area contributed by atoms with Crippen molar-refractivity contribution >= 4 is 34.5 Å². The van der Waals surface area contributed by atoms with E-state index in [4.69, 9.17) is 5.73 Å². The predicted octanol–water partition coefficient (Wildman–Crippen LogP) is 3.07. The number of rotatable bonds is 4. The van der Waals surface area contributed by atoms with Crippen LogP contribution in [0.15, 0.2) is 41.8 Å². The Morgan fingerprint density at radius 1 is 1.09 bits per heavy atom. The van der Waals surface area contributed by atoms with E-state index in [0.717, 1.165) is 19.3 Å². The molecule has 4 N–H and O–H groups in total. The Labute approximate surface area is 138 Å². The molecule has 0 aliphatic heterocycles. The quantitative estimate of drug-likeness (QED) is 0.806. The van der Waals surface area contributed by atoms with E-state index >= 15 is 0 Å². The first-order valence-corrected chi connectivity index (χ1v) is 8.51. The van der Waals surface area contributed by atoms with E-state index in [1.54, 1.807) is 24.3 Å². The highest BCUT2D eigenvalue weighted by atomic mass is 32.1. The molecular weight excluding hydrogens is 310 g/mol. The first-order chi connectivity index (χ1) is 11.1. The highest BCUT2D eigenvalue weighted by Crippen LogP contribution is 2.26. The molecule has 1 aromatic carbocycles. The Hall–Kier alpha value is -2.18. The third-order valence-electron chi connectivity index (χ3n) is 3.98. The van der Waals surface area contributed by atoms with Crippen molar-refractivity contribution in [3.8, 4) is 0 Å². The van der Waals surface area contributed by atoms with Crippen LogP contribution in [0.25, 0.3) is 0 Å². The summed E-state index contributed by atoms with van der Waals surface area (Å²) < 4.78 is 0. The van der Waals surface area contributed by atoms with Crippen LogP contribution >= 0.6 is 11.3 Å². The van der Waals surface area contributed by atoms with Gasteiger partial charge in [-0.15, -0.1) is 11.3 Å². The minimum atomic E-state index is -0.148. The van der Waals surface area contributed by atoms with Gasteiger partial charge in [-0.2, -0.15) is 0 Å². The highest BCUT2D eigenvalue weighted by molar-refractivity contribution is 7.12. The Kier molecular flexibility index (Phi) is 4.73. The van der Waals surface area contributed by atoms with Gasteiger partial charge in [0, 0.05) is 23.3 Å². The molecule has 2 unspecified atom stereocenters. The van der Waals surface area contributed by atoms with Crippen LogP contribution in [-0.4, -0.2) is 17.9 Å². The molecule has 23 heavy (non-hydrogen) atoms. The second-order valence-corrected chi connectivity index (χ2v) is 6.72. The molecule has 2 aromatic rings. The van der Waals surface area contributed by atoms with E-state index < -0.39 is 0 Å². The van der Waals surface area contributed by atoms with Gasteiger partial charge in [-0.3, -0.25) is 9.59 Å². The Balaban J connectivity index is 1.63. The molecule has 0 bridgehead atoms. The summed E-state index contributed by atoms with van der Waals surface area (Å²) in [5, 5.41) is 7.60. The number of nitrogens with two attached hydrogens (primary N) is 1. The Morgan fingerprint density at radius 2 is 1.87 bits per heavy atom. The third-order valence-corrected chi connectivity index (χ3v) is 4.85. The number of hydrogen-bond donors (Lipinski definition) is 3. The Morgan fingerprint density at radius 3 is 2.52 bits per heavy atom.